The molecule has 69 heavy (non-hydrogen) atoms. The van der Waals surface area contributed by atoms with Gasteiger partial charge in [0.1, 0.15) is 51.2 Å². The van der Waals surface area contributed by atoms with E-state index in [0.717, 1.165) is 9.80 Å². The molecule has 0 saturated heterocycles. The molecule has 0 bridgehead atoms. The van der Waals surface area contributed by atoms with Crippen LogP contribution in [0.4, 0.5) is 24.0 Å². The van der Waals surface area contributed by atoms with Gasteiger partial charge in [-0.2, -0.15) is 0 Å². The van der Waals surface area contributed by atoms with E-state index in [9.17, 15) is 24.0 Å². The van der Waals surface area contributed by atoms with E-state index >= 15 is 0 Å². The number of nitrogens with zero attached hydrogens (tertiary/aromatic N) is 7. The van der Waals surface area contributed by atoms with Crippen molar-refractivity contribution in [1.29, 1.82) is 0 Å². The molecular weight excluding hydrogens is 891 g/mol. The summed E-state index contributed by atoms with van der Waals surface area (Å²) in [6.45, 7) is 27.7. The van der Waals surface area contributed by atoms with Crippen LogP contribution in [0.5, 0.6) is 11.5 Å². The van der Waals surface area contributed by atoms with Crippen LogP contribution in [-0.2, 0) is 23.7 Å². The van der Waals surface area contributed by atoms with Crippen LogP contribution >= 0.6 is 0 Å². The van der Waals surface area contributed by atoms with E-state index in [-0.39, 0.29) is 45.1 Å². The fraction of sp³-hybridized carbons (Fsp3) is 0.600. The Morgan fingerprint density at radius 2 is 0.841 bits per heavy atom. The lowest BCUT2D eigenvalue weighted by Crippen LogP contribution is -2.53. The molecule has 0 fully saturated rings. The van der Waals surface area contributed by atoms with Gasteiger partial charge in [0.25, 0.3) is 0 Å². The van der Waals surface area contributed by atoms with Crippen molar-refractivity contribution in [3.63, 3.8) is 0 Å². The zero-order valence-electron chi connectivity index (χ0n) is 43.2. The van der Waals surface area contributed by atoms with E-state index in [1.54, 1.807) is 152 Å². The van der Waals surface area contributed by atoms with Gasteiger partial charge in [0.2, 0.25) is 5.96 Å². The van der Waals surface area contributed by atoms with E-state index < -0.39 is 58.5 Å². The summed E-state index contributed by atoms with van der Waals surface area (Å²) in [4.78, 5) is 86.0. The lowest BCUT2D eigenvalue weighted by Gasteiger charge is -2.34. The highest BCUT2D eigenvalue weighted by atomic mass is 16.6. The van der Waals surface area contributed by atoms with Crippen molar-refractivity contribution in [1.82, 2.24) is 19.6 Å². The Labute approximate surface area is 407 Å². The van der Waals surface area contributed by atoms with Crippen molar-refractivity contribution in [2.24, 2.45) is 15.0 Å². The Kier molecular flexibility index (Phi) is 18.2. The second-order valence-corrected chi connectivity index (χ2v) is 21.3. The molecule has 2 aromatic carbocycles. The summed E-state index contributed by atoms with van der Waals surface area (Å²) in [7, 11) is 0. The summed E-state index contributed by atoms with van der Waals surface area (Å²) in [6.07, 6.45) is -3.40. The van der Waals surface area contributed by atoms with Crippen LogP contribution in [0.15, 0.2) is 63.5 Å². The molecular formula is C50H73N7O12. The van der Waals surface area contributed by atoms with Gasteiger partial charge >= 0.3 is 30.5 Å². The number of carbonyl (C=O) groups excluding carboxylic acids is 5. The smallest absolute Gasteiger partial charge is 0.437 e. The van der Waals surface area contributed by atoms with Crippen LogP contribution in [-0.4, -0.2) is 148 Å². The molecule has 4 rings (SSSR count). The van der Waals surface area contributed by atoms with Crippen LogP contribution in [0.1, 0.15) is 128 Å². The first-order valence-electron chi connectivity index (χ1n) is 23.3. The third-order valence-corrected chi connectivity index (χ3v) is 9.02. The van der Waals surface area contributed by atoms with Gasteiger partial charge in [0.15, 0.2) is 0 Å². The number of guanidine groups is 1. The quantitative estimate of drug-likeness (QED) is 0.0845. The van der Waals surface area contributed by atoms with E-state index in [1.165, 1.54) is 9.80 Å². The van der Waals surface area contributed by atoms with Crippen LogP contribution < -0.4 is 9.47 Å². The maximum atomic E-state index is 14.2. The first-order chi connectivity index (χ1) is 31.9. The van der Waals surface area contributed by atoms with Crippen molar-refractivity contribution >= 4 is 48.1 Å². The molecule has 0 aliphatic carbocycles. The third-order valence-electron chi connectivity index (χ3n) is 9.02. The summed E-state index contributed by atoms with van der Waals surface area (Å²) < 4.78 is 40.5. The molecule has 0 radical (unpaired) electrons. The molecule has 2 aliphatic rings. The highest BCUT2D eigenvalue weighted by Gasteiger charge is 2.36. The average Bonchev–Trinajstić information content (AvgIpc) is 3.89. The summed E-state index contributed by atoms with van der Waals surface area (Å²) in [5.41, 5.74) is -2.84. The van der Waals surface area contributed by atoms with Gasteiger partial charge in [-0.15, -0.1) is 4.99 Å². The number of hydrogen-bond donors (Lipinski definition) is 0. The van der Waals surface area contributed by atoms with E-state index in [2.05, 4.69) is 15.0 Å². The number of hydrogen-bond acceptors (Lipinski definition) is 14. The lowest BCUT2D eigenvalue weighted by molar-refractivity contribution is 0.0263. The molecule has 0 N–H and O–H groups in total. The number of ether oxygens (including phenoxy) is 7. The standard InChI is InChI=1S/C50H73N7O12/c1-46(2,3)65-41(58)53-40(56(44(61)68-49(10,11)12)28-16-32-63-36-22-18-34(19-23-36)38-51-26-30-54(38)42(59)66-47(4,5)6)57(45(62)69-50(13,14)15)29-17-33-64-37-24-20-35(21-25-37)39-52-27-31-55(39)43(60)67-48(7,8)9/h18-25H,16-17,26-33H2,1-15H3. The SMILES string of the molecule is CC(C)(C)OC(=O)N=C(N(CCCOc1ccc(C2=NCCN2C(=O)OC(C)(C)C)cc1)C(=O)OC(C)(C)C)N(CCCOc1ccc(C2=NCCN2C(=O)OC(C)(C)C)cc1)C(=O)OC(C)(C)C. The maximum absolute atomic E-state index is 14.2. The summed E-state index contributed by atoms with van der Waals surface area (Å²) >= 11 is 0. The summed E-state index contributed by atoms with van der Waals surface area (Å²) in [5, 5.41) is 0. The number of amides is 5. The fourth-order valence-electron chi connectivity index (χ4n) is 6.42. The van der Waals surface area contributed by atoms with Gasteiger partial charge in [0, 0.05) is 24.2 Å². The number of benzene rings is 2. The van der Waals surface area contributed by atoms with E-state index in [4.69, 9.17) is 33.2 Å². The van der Waals surface area contributed by atoms with Crippen LogP contribution in [0.25, 0.3) is 0 Å². The lowest BCUT2D eigenvalue weighted by atomic mass is 10.2. The Hall–Kier alpha value is -6.40. The van der Waals surface area contributed by atoms with Gasteiger partial charge < -0.3 is 33.2 Å². The highest BCUT2D eigenvalue weighted by molar-refractivity contribution is 6.08. The number of carbonyl (C=O) groups is 5. The van der Waals surface area contributed by atoms with Crippen molar-refractivity contribution in [2.45, 2.75) is 145 Å². The molecule has 5 amide bonds. The molecule has 0 unspecified atom stereocenters. The topological polar surface area (TPSA) is 200 Å². The molecule has 0 atom stereocenters. The highest BCUT2D eigenvalue weighted by Crippen LogP contribution is 2.23. The Balaban J connectivity index is 1.55. The Morgan fingerprint density at radius 3 is 1.16 bits per heavy atom. The predicted octanol–water partition coefficient (Wildman–Crippen LogP) is 9.68. The monoisotopic (exact) mass is 964 g/mol. The van der Waals surface area contributed by atoms with Crippen molar-refractivity contribution in [3.05, 3.63) is 59.7 Å². The number of rotatable bonds is 12. The second-order valence-electron chi connectivity index (χ2n) is 21.3. The van der Waals surface area contributed by atoms with Crippen molar-refractivity contribution in [2.75, 3.05) is 52.5 Å². The zero-order valence-corrected chi connectivity index (χ0v) is 43.2. The molecule has 0 spiro atoms. The summed E-state index contributed by atoms with van der Waals surface area (Å²) in [5.74, 6) is 1.64. The first kappa shape index (κ1) is 55.2. The first-order valence-corrected chi connectivity index (χ1v) is 23.3. The number of aliphatic imine (C=N–C) groups is 3. The van der Waals surface area contributed by atoms with Gasteiger partial charge in [-0.05, 0) is 165 Å². The largest absolute Gasteiger partial charge is 0.494 e. The molecule has 2 aromatic rings. The third kappa shape index (κ3) is 18.6. The van der Waals surface area contributed by atoms with Crippen molar-refractivity contribution in [3.8, 4) is 11.5 Å². The Bertz CT molecular complexity index is 2070. The van der Waals surface area contributed by atoms with E-state index in [1.807, 2.05) is 0 Å². The molecule has 0 saturated carbocycles. The van der Waals surface area contributed by atoms with Gasteiger partial charge in [-0.3, -0.25) is 19.8 Å². The second kappa shape index (κ2) is 22.8. The van der Waals surface area contributed by atoms with Crippen LogP contribution in [0, 0.1) is 0 Å². The minimum absolute atomic E-state index is 0.0921. The van der Waals surface area contributed by atoms with Crippen LogP contribution in [0.2, 0.25) is 0 Å². The van der Waals surface area contributed by atoms with Gasteiger partial charge in [-0.1, -0.05) is 0 Å². The number of amidine groups is 2. The minimum Gasteiger partial charge on any atom is -0.494 e. The summed E-state index contributed by atoms with van der Waals surface area (Å²) in [6, 6.07) is 14.1. The maximum Gasteiger partial charge on any atom is 0.437 e. The van der Waals surface area contributed by atoms with Crippen molar-refractivity contribution < 1.29 is 57.1 Å². The Morgan fingerprint density at radius 1 is 0.507 bits per heavy atom. The molecule has 19 nitrogen and oxygen atoms in total. The molecule has 19 heteroatoms. The van der Waals surface area contributed by atoms with E-state index in [0.29, 0.717) is 60.5 Å². The predicted molar refractivity (Wildman–Crippen MR) is 261 cm³/mol. The molecule has 380 valence electrons. The van der Waals surface area contributed by atoms with Gasteiger partial charge in [-0.25, -0.2) is 33.8 Å². The molecule has 2 heterocycles. The normalized spacial score (nSPS) is 14.2. The average molecular weight is 964 g/mol. The minimum atomic E-state index is -1.05. The van der Waals surface area contributed by atoms with Gasteiger partial charge in [0.05, 0.1) is 39.4 Å². The zero-order chi connectivity index (χ0) is 51.5. The van der Waals surface area contributed by atoms with Crippen LogP contribution in [0.3, 0.4) is 0 Å². The molecule has 0 aromatic heterocycles. The fourth-order valence-corrected chi connectivity index (χ4v) is 6.42. The molecule has 2 aliphatic heterocycles.